The van der Waals surface area contributed by atoms with Crippen molar-refractivity contribution < 1.29 is 17.6 Å². The van der Waals surface area contributed by atoms with Crippen molar-refractivity contribution in [3.05, 3.63) is 69.9 Å². The summed E-state index contributed by atoms with van der Waals surface area (Å²) >= 11 is 1.21. The summed E-state index contributed by atoms with van der Waals surface area (Å²) in [5, 5.41) is 4.22. The molecule has 0 radical (unpaired) electrons. The number of aromatic nitrogens is 1. The Bertz CT molecular complexity index is 1090. The first-order chi connectivity index (χ1) is 12.4. The predicted molar refractivity (Wildman–Crippen MR) is 97.4 cm³/mol. The van der Waals surface area contributed by atoms with Crippen LogP contribution in [0.3, 0.4) is 0 Å². The van der Waals surface area contributed by atoms with Crippen molar-refractivity contribution in [3.63, 3.8) is 0 Å². The van der Waals surface area contributed by atoms with Crippen LogP contribution in [0.5, 0.6) is 0 Å². The van der Waals surface area contributed by atoms with E-state index in [2.05, 4.69) is 9.71 Å². The number of benzene rings is 1. The summed E-state index contributed by atoms with van der Waals surface area (Å²) in [6.45, 7) is 2.15. The molecule has 26 heavy (non-hydrogen) atoms. The molecule has 2 heterocycles. The maximum absolute atomic E-state index is 12.5. The molecular formula is C17H17N3O4S2. The van der Waals surface area contributed by atoms with Gasteiger partial charge in [-0.1, -0.05) is 17.7 Å². The van der Waals surface area contributed by atoms with Crippen molar-refractivity contribution in [2.45, 2.75) is 18.4 Å². The van der Waals surface area contributed by atoms with E-state index in [9.17, 15) is 13.2 Å². The Morgan fingerprint density at radius 2 is 1.96 bits per heavy atom. The molecule has 0 fully saturated rings. The molecule has 1 N–H and O–H groups in total. The van der Waals surface area contributed by atoms with Crippen LogP contribution in [0.4, 0.5) is 0 Å². The first-order valence-corrected chi connectivity index (χ1v) is 10.0. The second-order valence-electron chi connectivity index (χ2n) is 5.54. The van der Waals surface area contributed by atoms with Gasteiger partial charge in [-0.25, -0.2) is 0 Å². The Hall–Kier alpha value is -2.65. The van der Waals surface area contributed by atoms with Gasteiger partial charge in [-0.3, -0.25) is 4.79 Å². The summed E-state index contributed by atoms with van der Waals surface area (Å²) in [7, 11) is -2.29. The van der Waals surface area contributed by atoms with Gasteiger partial charge in [-0.15, -0.1) is 15.7 Å². The lowest BCUT2D eigenvalue weighted by molar-refractivity contribution is 0.0933. The molecule has 0 aliphatic carbocycles. The molecule has 0 saturated heterocycles. The molecule has 136 valence electrons. The third kappa shape index (κ3) is 3.94. The minimum absolute atomic E-state index is 0.142. The number of carbonyl (C=O) groups is 1. The van der Waals surface area contributed by atoms with Crippen LogP contribution in [-0.2, 0) is 16.6 Å². The minimum Gasteiger partial charge on any atom is -0.454 e. The molecular weight excluding hydrogens is 374 g/mol. The lowest BCUT2D eigenvalue weighted by Crippen LogP contribution is -2.18. The first kappa shape index (κ1) is 18.2. The number of carbonyl (C=O) groups excluding carboxylic acids is 1. The van der Waals surface area contributed by atoms with Crippen LogP contribution in [0.25, 0.3) is 0 Å². The fraction of sp³-hybridized carbons (Fsp3) is 0.176. The number of furan rings is 1. The van der Waals surface area contributed by atoms with E-state index in [-0.39, 0.29) is 23.1 Å². The zero-order valence-corrected chi connectivity index (χ0v) is 15.8. The molecule has 0 saturated carbocycles. The van der Waals surface area contributed by atoms with E-state index in [1.165, 1.54) is 30.5 Å². The highest BCUT2D eigenvalue weighted by molar-refractivity contribution is 7.90. The second-order valence-corrected chi connectivity index (χ2v) is 8.02. The van der Waals surface area contributed by atoms with Gasteiger partial charge in [0.05, 0.1) is 11.4 Å². The third-order valence-corrected chi connectivity index (χ3v) is 5.81. The molecule has 0 aliphatic heterocycles. The van der Waals surface area contributed by atoms with Gasteiger partial charge in [-0.2, -0.15) is 8.42 Å². The molecule has 0 bridgehead atoms. The molecule has 1 aromatic carbocycles. The van der Waals surface area contributed by atoms with Gasteiger partial charge in [0, 0.05) is 18.6 Å². The van der Waals surface area contributed by atoms with Crippen molar-refractivity contribution in [3.8, 4) is 0 Å². The van der Waals surface area contributed by atoms with Gasteiger partial charge >= 0.3 is 0 Å². The fourth-order valence-corrected chi connectivity index (χ4v) is 4.18. The largest absolute Gasteiger partial charge is 0.454 e. The lowest BCUT2D eigenvalue weighted by Gasteiger charge is -2.02. The van der Waals surface area contributed by atoms with Crippen LogP contribution in [0.15, 0.2) is 61.7 Å². The SMILES string of the molecule is CNC(=O)c1ccc(Cn2ccs/c2=N\S(=O)(=O)c2ccc(C)cc2)o1. The number of nitrogens with one attached hydrogen (secondary N) is 1. The molecule has 2 aromatic heterocycles. The van der Waals surface area contributed by atoms with Crippen molar-refractivity contribution in [2.24, 2.45) is 4.40 Å². The number of thiazole rings is 1. The number of nitrogens with zero attached hydrogens (tertiary/aromatic N) is 2. The molecule has 9 heteroatoms. The number of hydrogen-bond donors (Lipinski definition) is 1. The van der Waals surface area contributed by atoms with Gasteiger partial charge in [0.15, 0.2) is 5.76 Å². The quantitative estimate of drug-likeness (QED) is 0.721. The molecule has 7 nitrogen and oxygen atoms in total. The van der Waals surface area contributed by atoms with Crippen LogP contribution >= 0.6 is 11.3 Å². The Kier molecular flexibility index (Phi) is 5.10. The number of amides is 1. The monoisotopic (exact) mass is 391 g/mol. The highest BCUT2D eigenvalue weighted by Crippen LogP contribution is 2.13. The number of rotatable bonds is 5. The maximum atomic E-state index is 12.5. The number of sulfonamides is 1. The second kappa shape index (κ2) is 7.30. The topological polar surface area (TPSA) is 93.7 Å². The molecule has 0 spiro atoms. The van der Waals surface area contributed by atoms with Crippen LogP contribution in [-0.4, -0.2) is 25.9 Å². The summed E-state index contributed by atoms with van der Waals surface area (Å²) in [4.78, 5) is 12.0. The van der Waals surface area contributed by atoms with Crippen LogP contribution in [0.2, 0.25) is 0 Å². The average Bonchev–Trinajstić information content (AvgIpc) is 3.25. The highest BCUT2D eigenvalue weighted by atomic mass is 32.2. The summed E-state index contributed by atoms with van der Waals surface area (Å²) in [5.41, 5.74) is 0.972. The van der Waals surface area contributed by atoms with Gasteiger partial charge in [0.2, 0.25) is 4.80 Å². The zero-order valence-electron chi connectivity index (χ0n) is 14.2. The molecule has 3 rings (SSSR count). The molecule has 0 atom stereocenters. The van der Waals surface area contributed by atoms with Crippen molar-refractivity contribution in [1.82, 2.24) is 9.88 Å². The molecule has 1 amide bonds. The smallest absolute Gasteiger partial charge is 0.286 e. The first-order valence-electron chi connectivity index (χ1n) is 7.71. The molecule has 3 aromatic rings. The van der Waals surface area contributed by atoms with E-state index in [1.807, 2.05) is 6.92 Å². The summed E-state index contributed by atoms with van der Waals surface area (Å²) in [5.74, 6) is 0.402. The summed E-state index contributed by atoms with van der Waals surface area (Å²) < 4.78 is 36.1. The summed E-state index contributed by atoms with van der Waals surface area (Å²) in [6.07, 6.45) is 1.72. The van der Waals surface area contributed by atoms with Crippen LogP contribution < -0.4 is 10.1 Å². The van der Waals surface area contributed by atoms with Gasteiger partial charge in [0.1, 0.15) is 5.76 Å². The van der Waals surface area contributed by atoms with E-state index in [0.29, 0.717) is 10.6 Å². The van der Waals surface area contributed by atoms with E-state index in [4.69, 9.17) is 4.42 Å². The maximum Gasteiger partial charge on any atom is 0.286 e. The van der Waals surface area contributed by atoms with E-state index in [1.54, 1.807) is 40.4 Å². The average molecular weight is 391 g/mol. The third-order valence-electron chi connectivity index (χ3n) is 3.62. The zero-order chi connectivity index (χ0) is 18.7. The van der Waals surface area contributed by atoms with Crippen LogP contribution in [0.1, 0.15) is 21.9 Å². The van der Waals surface area contributed by atoms with Crippen molar-refractivity contribution >= 4 is 27.3 Å². The van der Waals surface area contributed by atoms with Crippen molar-refractivity contribution in [1.29, 1.82) is 0 Å². The van der Waals surface area contributed by atoms with E-state index >= 15 is 0 Å². The number of aryl methyl sites for hydroxylation is 1. The Balaban J connectivity index is 1.90. The van der Waals surface area contributed by atoms with Crippen LogP contribution in [0, 0.1) is 6.92 Å². The fourth-order valence-electron chi connectivity index (χ4n) is 2.23. The van der Waals surface area contributed by atoms with Gasteiger partial charge in [-0.05, 0) is 31.2 Å². The van der Waals surface area contributed by atoms with Gasteiger partial charge < -0.3 is 14.3 Å². The Labute approximate surface area is 154 Å². The number of hydrogen-bond acceptors (Lipinski definition) is 5. The molecule has 0 aliphatic rings. The molecule has 0 unspecified atom stereocenters. The standard InChI is InChI=1S/C17H17N3O4S2/c1-12-3-6-14(7-4-12)26(22,23)19-17-20(9-10-25-17)11-13-5-8-15(24-13)16(21)18-2/h3-10H,11H2,1-2H3,(H,18,21)/b19-17-. The Morgan fingerprint density at radius 3 is 2.65 bits per heavy atom. The Morgan fingerprint density at radius 1 is 1.23 bits per heavy atom. The lowest BCUT2D eigenvalue weighted by atomic mass is 10.2. The predicted octanol–water partition coefficient (Wildman–Crippen LogP) is 2.15. The normalized spacial score (nSPS) is 12.3. The van der Waals surface area contributed by atoms with E-state index < -0.39 is 10.0 Å². The van der Waals surface area contributed by atoms with Gasteiger partial charge in [0.25, 0.3) is 15.9 Å². The summed E-state index contributed by atoms with van der Waals surface area (Å²) in [6, 6.07) is 9.78. The minimum atomic E-state index is -3.81. The highest BCUT2D eigenvalue weighted by Gasteiger charge is 2.14. The van der Waals surface area contributed by atoms with E-state index in [0.717, 1.165) is 5.56 Å². The van der Waals surface area contributed by atoms with Crippen molar-refractivity contribution in [2.75, 3.05) is 7.05 Å².